The van der Waals surface area contributed by atoms with Crippen molar-refractivity contribution in [3.05, 3.63) is 186 Å². The van der Waals surface area contributed by atoms with E-state index in [1.54, 1.807) is 0 Å². The highest BCUT2D eigenvalue weighted by molar-refractivity contribution is 7.25. The van der Waals surface area contributed by atoms with Gasteiger partial charge < -0.3 is 4.90 Å². The highest BCUT2D eigenvalue weighted by Gasteiger charge is 2.41. The Morgan fingerprint density at radius 1 is 0.444 bits per heavy atom. The fourth-order valence-corrected chi connectivity index (χ4v) is 11.1. The number of fused-ring (bicyclic) bond motifs is 11. The van der Waals surface area contributed by atoms with Crippen molar-refractivity contribution in [3.8, 4) is 33.4 Å². The average molecular weight is 710 g/mol. The third-order valence-electron chi connectivity index (χ3n) is 12.4. The Balaban J connectivity index is 1.21. The molecule has 0 saturated heterocycles. The molecule has 0 bridgehead atoms. The molecule has 0 amide bonds. The summed E-state index contributed by atoms with van der Waals surface area (Å²) in [7, 11) is 0. The predicted octanol–water partition coefficient (Wildman–Crippen LogP) is 15.0. The molecule has 0 unspecified atom stereocenters. The van der Waals surface area contributed by atoms with E-state index in [1.165, 1.54) is 98.0 Å². The van der Waals surface area contributed by atoms with Gasteiger partial charge in [-0.3, -0.25) is 0 Å². The first-order chi connectivity index (χ1) is 26.3. The Kier molecular flexibility index (Phi) is 6.59. The second kappa shape index (κ2) is 11.3. The number of hydrogen-bond donors (Lipinski definition) is 0. The van der Waals surface area contributed by atoms with E-state index in [0.29, 0.717) is 0 Å². The normalized spacial score (nSPS) is 14.6. The molecule has 0 atom stereocenters. The lowest BCUT2D eigenvalue weighted by atomic mass is 9.80. The van der Waals surface area contributed by atoms with E-state index in [4.69, 9.17) is 0 Å². The molecular formula is C52H39NS. The second-order valence-corrected chi connectivity index (χ2v) is 17.2. The third-order valence-corrected chi connectivity index (χ3v) is 13.6. The molecule has 258 valence electrons. The van der Waals surface area contributed by atoms with Crippen molar-refractivity contribution in [2.75, 3.05) is 4.90 Å². The first-order valence-electron chi connectivity index (χ1n) is 19.0. The van der Waals surface area contributed by atoms with Crippen molar-refractivity contribution in [1.29, 1.82) is 0 Å². The van der Waals surface area contributed by atoms with E-state index in [1.807, 2.05) is 11.3 Å². The molecule has 1 heterocycles. The summed E-state index contributed by atoms with van der Waals surface area (Å²) in [6.07, 6.45) is 0. The minimum atomic E-state index is -0.160. The number of anilines is 3. The summed E-state index contributed by atoms with van der Waals surface area (Å²) in [5.41, 5.74) is 16.7. The van der Waals surface area contributed by atoms with Crippen molar-refractivity contribution < 1.29 is 0 Å². The van der Waals surface area contributed by atoms with Crippen molar-refractivity contribution in [1.82, 2.24) is 0 Å². The van der Waals surface area contributed by atoms with Gasteiger partial charge in [0.25, 0.3) is 0 Å². The number of hydrogen-bond acceptors (Lipinski definition) is 2. The molecule has 0 radical (unpaired) electrons. The van der Waals surface area contributed by atoms with Crippen LogP contribution in [-0.4, -0.2) is 0 Å². The lowest BCUT2D eigenvalue weighted by Crippen LogP contribution is -2.17. The molecule has 11 rings (SSSR count). The van der Waals surface area contributed by atoms with E-state index in [0.717, 1.165) is 5.69 Å². The molecule has 8 aromatic carbocycles. The van der Waals surface area contributed by atoms with Crippen LogP contribution in [0.1, 0.15) is 49.9 Å². The van der Waals surface area contributed by atoms with Crippen LogP contribution >= 0.6 is 11.3 Å². The minimum Gasteiger partial charge on any atom is -0.309 e. The zero-order chi connectivity index (χ0) is 36.3. The van der Waals surface area contributed by atoms with Gasteiger partial charge >= 0.3 is 0 Å². The molecule has 1 aromatic heterocycles. The molecule has 9 aromatic rings. The SMILES string of the molecule is CC1(C)c2ccccc2-c2c(N(c3ccc(-c4cccc5sc6ccccc6c45)cc3)c3cc4ccccc4c4c3-c3ccccc3C4(C)C)cccc21. The average Bonchev–Trinajstić information content (AvgIpc) is 3.79. The van der Waals surface area contributed by atoms with Crippen LogP contribution in [0.3, 0.4) is 0 Å². The third kappa shape index (κ3) is 4.26. The van der Waals surface area contributed by atoms with Crippen LogP contribution in [0, 0.1) is 0 Å². The van der Waals surface area contributed by atoms with E-state index >= 15 is 0 Å². The van der Waals surface area contributed by atoms with E-state index in [2.05, 4.69) is 196 Å². The predicted molar refractivity (Wildman–Crippen MR) is 232 cm³/mol. The molecule has 0 aliphatic heterocycles. The maximum atomic E-state index is 2.57. The Morgan fingerprint density at radius 3 is 1.83 bits per heavy atom. The van der Waals surface area contributed by atoms with Gasteiger partial charge in [-0.05, 0) is 91.7 Å². The number of benzene rings is 8. The number of nitrogens with zero attached hydrogens (tertiary/aromatic N) is 1. The maximum Gasteiger partial charge on any atom is 0.0549 e. The quantitative estimate of drug-likeness (QED) is 0.176. The molecule has 2 aliphatic rings. The number of thiophene rings is 1. The number of rotatable bonds is 4. The van der Waals surface area contributed by atoms with Gasteiger partial charge in [-0.25, -0.2) is 0 Å². The fourth-order valence-electron chi connectivity index (χ4n) is 9.95. The minimum absolute atomic E-state index is 0.112. The first-order valence-corrected chi connectivity index (χ1v) is 19.8. The lowest BCUT2D eigenvalue weighted by Gasteiger charge is -2.32. The molecule has 0 N–H and O–H groups in total. The molecule has 54 heavy (non-hydrogen) atoms. The molecule has 0 spiro atoms. The summed E-state index contributed by atoms with van der Waals surface area (Å²) in [5, 5.41) is 5.26. The van der Waals surface area contributed by atoms with E-state index in [9.17, 15) is 0 Å². The van der Waals surface area contributed by atoms with Gasteiger partial charge in [0.05, 0.1) is 11.4 Å². The van der Waals surface area contributed by atoms with Crippen molar-refractivity contribution in [3.63, 3.8) is 0 Å². The molecular weight excluding hydrogens is 671 g/mol. The highest BCUT2D eigenvalue weighted by Crippen LogP contribution is 2.59. The van der Waals surface area contributed by atoms with Crippen LogP contribution in [0.4, 0.5) is 17.1 Å². The van der Waals surface area contributed by atoms with Crippen molar-refractivity contribution in [2.45, 2.75) is 38.5 Å². The van der Waals surface area contributed by atoms with Crippen LogP contribution < -0.4 is 4.90 Å². The van der Waals surface area contributed by atoms with Gasteiger partial charge in [-0.1, -0.05) is 155 Å². The van der Waals surface area contributed by atoms with Gasteiger partial charge in [0.1, 0.15) is 0 Å². The summed E-state index contributed by atoms with van der Waals surface area (Å²) in [5.74, 6) is 0. The topological polar surface area (TPSA) is 3.24 Å². The molecule has 2 heteroatoms. The lowest BCUT2D eigenvalue weighted by molar-refractivity contribution is 0.660. The van der Waals surface area contributed by atoms with Gasteiger partial charge in [-0.2, -0.15) is 0 Å². The van der Waals surface area contributed by atoms with Gasteiger partial charge in [0, 0.05) is 47.8 Å². The Bertz CT molecular complexity index is 3000. The van der Waals surface area contributed by atoms with Gasteiger partial charge in [-0.15, -0.1) is 11.3 Å². The summed E-state index contributed by atoms with van der Waals surface area (Å²) < 4.78 is 2.66. The maximum absolute atomic E-state index is 2.57. The molecule has 0 saturated carbocycles. The van der Waals surface area contributed by atoms with Gasteiger partial charge in [0.2, 0.25) is 0 Å². The van der Waals surface area contributed by atoms with Crippen molar-refractivity contribution in [2.24, 2.45) is 0 Å². The Hall–Kier alpha value is -5.96. The molecule has 1 nitrogen and oxygen atoms in total. The summed E-state index contributed by atoms with van der Waals surface area (Å²) in [6.45, 7) is 9.56. The van der Waals surface area contributed by atoms with E-state index < -0.39 is 0 Å². The fraction of sp³-hybridized carbons (Fsp3) is 0.115. The summed E-state index contributed by atoms with van der Waals surface area (Å²) in [4.78, 5) is 2.57. The highest BCUT2D eigenvalue weighted by atomic mass is 32.1. The largest absolute Gasteiger partial charge is 0.309 e. The summed E-state index contributed by atoms with van der Waals surface area (Å²) in [6, 6.07) is 61.4. The van der Waals surface area contributed by atoms with Crippen LogP contribution in [0.25, 0.3) is 64.3 Å². The monoisotopic (exact) mass is 709 g/mol. The summed E-state index contributed by atoms with van der Waals surface area (Å²) >= 11 is 1.88. The van der Waals surface area contributed by atoms with Crippen molar-refractivity contribution >= 4 is 59.3 Å². The molecule has 0 fully saturated rings. The van der Waals surface area contributed by atoms with Crippen LogP contribution in [0.15, 0.2) is 164 Å². The van der Waals surface area contributed by atoms with Crippen LogP contribution in [0.5, 0.6) is 0 Å². The van der Waals surface area contributed by atoms with Crippen LogP contribution in [-0.2, 0) is 10.8 Å². The van der Waals surface area contributed by atoms with E-state index in [-0.39, 0.29) is 10.8 Å². The zero-order valence-corrected chi connectivity index (χ0v) is 31.8. The zero-order valence-electron chi connectivity index (χ0n) is 30.9. The Morgan fingerprint density at radius 2 is 1.04 bits per heavy atom. The smallest absolute Gasteiger partial charge is 0.0549 e. The Labute approximate surface area is 320 Å². The second-order valence-electron chi connectivity index (χ2n) is 16.1. The molecule has 2 aliphatic carbocycles. The first kappa shape index (κ1) is 31.6. The van der Waals surface area contributed by atoms with Gasteiger partial charge in [0.15, 0.2) is 0 Å². The standard InChI is InChI=1S/C52H39NS/c1-51(2)40-21-10-7-17-37(40)48-42(51)23-14-24-43(48)53(34-29-27-32(28-30-34)35-20-13-26-46-47(35)39-19-9-12-25-45(39)54-46)44-31-33-15-5-6-16-36(33)50-49(44)38-18-8-11-22-41(38)52(50,3)4/h5-31H,1-4H3. The van der Waals surface area contributed by atoms with Crippen LogP contribution in [0.2, 0.25) is 0 Å².